The molecule has 0 atom stereocenters. The summed E-state index contributed by atoms with van der Waals surface area (Å²) >= 11 is 0. The summed E-state index contributed by atoms with van der Waals surface area (Å²) in [6.07, 6.45) is 0. The summed E-state index contributed by atoms with van der Waals surface area (Å²) in [5, 5.41) is 14.7. The topological polar surface area (TPSA) is 65.7 Å². The minimum absolute atomic E-state index is 0.242. The van der Waals surface area contributed by atoms with E-state index in [1.807, 2.05) is 42.5 Å². The summed E-state index contributed by atoms with van der Waals surface area (Å²) in [6.45, 7) is 3.57. The molecule has 5 heteroatoms. The highest BCUT2D eigenvalue weighted by molar-refractivity contribution is 6.06. The van der Waals surface area contributed by atoms with Crippen LogP contribution in [0.25, 0.3) is 21.9 Å². The predicted molar refractivity (Wildman–Crippen MR) is 91.7 cm³/mol. The number of carbonyl (C=O) groups is 1. The minimum atomic E-state index is -0.936. The molecule has 120 valence electrons. The maximum Gasteiger partial charge on any atom is 0.321 e. The zero-order valence-corrected chi connectivity index (χ0v) is 13.5. The van der Waals surface area contributed by atoms with E-state index in [1.54, 1.807) is 20.9 Å². The van der Waals surface area contributed by atoms with E-state index in [2.05, 4.69) is 5.32 Å². The Balaban J connectivity index is 1.83. The summed E-state index contributed by atoms with van der Waals surface area (Å²) in [6, 6.07) is 13.2. The molecule has 0 radical (unpaired) electrons. The van der Waals surface area contributed by atoms with Gasteiger partial charge in [0.15, 0.2) is 0 Å². The van der Waals surface area contributed by atoms with Crippen molar-refractivity contribution in [2.24, 2.45) is 0 Å². The van der Waals surface area contributed by atoms with Gasteiger partial charge in [-0.15, -0.1) is 0 Å². The van der Waals surface area contributed by atoms with Gasteiger partial charge in [-0.2, -0.15) is 0 Å². The van der Waals surface area contributed by atoms with Crippen LogP contribution in [0.5, 0.6) is 0 Å². The lowest BCUT2D eigenvalue weighted by Crippen LogP contribution is -2.41. The lowest BCUT2D eigenvalue weighted by atomic mass is 10.1. The first kappa shape index (κ1) is 15.4. The number of benzene rings is 2. The van der Waals surface area contributed by atoms with E-state index in [-0.39, 0.29) is 12.6 Å². The number of para-hydroxylation sites is 1. The van der Waals surface area contributed by atoms with Crippen molar-refractivity contribution in [1.29, 1.82) is 0 Å². The van der Waals surface area contributed by atoms with Crippen LogP contribution in [0.4, 0.5) is 10.5 Å². The van der Waals surface area contributed by atoms with Gasteiger partial charge in [-0.05, 0) is 32.0 Å². The van der Waals surface area contributed by atoms with Crippen molar-refractivity contribution in [3.05, 3.63) is 42.5 Å². The van der Waals surface area contributed by atoms with Gasteiger partial charge in [0.05, 0.1) is 12.1 Å². The molecule has 1 aromatic heterocycles. The second-order valence-electron chi connectivity index (χ2n) is 6.41. The zero-order chi connectivity index (χ0) is 16.6. The van der Waals surface area contributed by atoms with Crippen LogP contribution in [0.3, 0.4) is 0 Å². The number of nitrogens with zero attached hydrogens (tertiary/aromatic N) is 1. The Morgan fingerprint density at radius 1 is 1.17 bits per heavy atom. The highest BCUT2D eigenvalue weighted by atomic mass is 16.3. The van der Waals surface area contributed by atoms with Gasteiger partial charge in [-0.1, -0.05) is 18.2 Å². The number of nitrogens with one attached hydrogen (secondary N) is 1. The van der Waals surface area contributed by atoms with Crippen LogP contribution in [0.15, 0.2) is 46.9 Å². The van der Waals surface area contributed by atoms with Crippen LogP contribution < -0.4 is 5.32 Å². The molecule has 2 amide bonds. The maximum absolute atomic E-state index is 12.2. The molecule has 23 heavy (non-hydrogen) atoms. The van der Waals surface area contributed by atoms with Crippen LogP contribution in [0.1, 0.15) is 13.8 Å². The average Bonchev–Trinajstić information content (AvgIpc) is 2.83. The number of anilines is 1. The molecule has 0 saturated carbocycles. The fourth-order valence-corrected chi connectivity index (χ4v) is 2.67. The number of aliphatic hydroxyl groups is 1. The number of urea groups is 1. The summed E-state index contributed by atoms with van der Waals surface area (Å²) < 4.78 is 5.81. The molecule has 0 fully saturated rings. The summed E-state index contributed by atoms with van der Waals surface area (Å²) in [4.78, 5) is 13.6. The average molecular weight is 312 g/mol. The molecule has 3 rings (SSSR count). The molecule has 3 aromatic rings. The number of furan rings is 1. The molecule has 5 nitrogen and oxygen atoms in total. The third-order valence-electron chi connectivity index (χ3n) is 3.60. The van der Waals surface area contributed by atoms with Crippen molar-refractivity contribution < 1.29 is 14.3 Å². The van der Waals surface area contributed by atoms with E-state index >= 15 is 0 Å². The number of hydrogen-bond acceptors (Lipinski definition) is 3. The molecule has 0 aliphatic rings. The van der Waals surface area contributed by atoms with E-state index in [0.29, 0.717) is 5.69 Å². The van der Waals surface area contributed by atoms with Gasteiger partial charge < -0.3 is 19.7 Å². The zero-order valence-electron chi connectivity index (χ0n) is 13.5. The fourth-order valence-electron chi connectivity index (χ4n) is 2.67. The minimum Gasteiger partial charge on any atom is -0.456 e. The van der Waals surface area contributed by atoms with E-state index < -0.39 is 5.60 Å². The van der Waals surface area contributed by atoms with Crippen molar-refractivity contribution in [2.45, 2.75) is 19.4 Å². The van der Waals surface area contributed by atoms with Crippen molar-refractivity contribution in [3.8, 4) is 0 Å². The van der Waals surface area contributed by atoms with Gasteiger partial charge in [-0.3, -0.25) is 0 Å². The fraction of sp³-hybridized carbons (Fsp3) is 0.278. The predicted octanol–water partition coefficient (Wildman–Crippen LogP) is 3.82. The van der Waals surface area contributed by atoms with Crippen LogP contribution in [-0.2, 0) is 0 Å². The van der Waals surface area contributed by atoms with Crippen molar-refractivity contribution in [1.82, 2.24) is 4.90 Å². The van der Waals surface area contributed by atoms with Crippen molar-refractivity contribution in [3.63, 3.8) is 0 Å². The first-order valence-corrected chi connectivity index (χ1v) is 7.49. The number of amides is 2. The lowest BCUT2D eigenvalue weighted by Gasteiger charge is -2.25. The highest BCUT2D eigenvalue weighted by Gasteiger charge is 2.19. The Kier molecular flexibility index (Phi) is 3.74. The Labute approximate surface area is 134 Å². The first-order chi connectivity index (χ1) is 10.8. The van der Waals surface area contributed by atoms with Crippen LogP contribution in [0.2, 0.25) is 0 Å². The second kappa shape index (κ2) is 5.59. The molecule has 0 unspecified atom stereocenters. The van der Waals surface area contributed by atoms with Crippen LogP contribution in [0, 0.1) is 0 Å². The first-order valence-electron chi connectivity index (χ1n) is 7.49. The molecule has 0 bridgehead atoms. The lowest BCUT2D eigenvalue weighted by molar-refractivity contribution is 0.0550. The monoisotopic (exact) mass is 312 g/mol. The van der Waals surface area contributed by atoms with Gasteiger partial charge >= 0.3 is 6.03 Å². The smallest absolute Gasteiger partial charge is 0.321 e. The summed E-state index contributed by atoms with van der Waals surface area (Å²) in [5.74, 6) is 0. The molecule has 0 spiro atoms. The Hall–Kier alpha value is -2.53. The summed E-state index contributed by atoms with van der Waals surface area (Å²) in [5.41, 5.74) is 1.28. The summed E-state index contributed by atoms with van der Waals surface area (Å²) in [7, 11) is 1.65. The molecule has 2 N–H and O–H groups in total. The van der Waals surface area contributed by atoms with Crippen molar-refractivity contribution >= 4 is 33.7 Å². The molecule has 0 aliphatic heterocycles. The third kappa shape index (κ3) is 3.29. The number of likely N-dealkylation sites (N-methyl/N-ethyl adjacent to an activating group) is 1. The van der Waals surface area contributed by atoms with Crippen LogP contribution >= 0.6 is 0 Å². The molecular weight excluding hydrogens is 292 g/mol. The number of hydrogen-bond donors (Lipinski definition) is 2. The highest BCUT2D eigenvalue weighted by Crippen LogP contribution is 2.30. The van der Waals surface area contributed by atoms with E-state index in [0.717, 1.165) is 21.9 Å². The second-order valence-corrected chi connectivity index (χ2v) is 6.41. The normalized spacial score (nSPS) is 11.8. The van der Waals surface area contributed by atoms with E-state index in [9.17, 15) is 9.90 Å². The SMILES string of the molecule is CN(CC(C)(C)O)C(=O)Nc1ccc2c(c1)oc1ccccc12. The van der Waals surface area contributed by atoms with E-state index in [1.165, 1.54) is 4.90 Å². The molecule has 0 aliphatic carbocycles. The molecule has 2 aromatic carbocycles. The Bertz CT molecular complexity index is 861. The molecule has 1 heterocycles. The van der Waals surface area contributed by atoms with Gasteiger partial charge in [0.1, 0.15) is 11.2 Å². The largest absolute Gasteiger partial charge is 0.456 e. The standard InChI is InChI=1S/C18H20N2O3/c1-18(2,22)11-20(3)17(21)19-12-8-9-14-13-6-4-5-7-15(13)23-16(14)10-12/h4-10,22H,11H2,1-3H3,(H,19,21). The molecule has 0 saturated heterocycles. The van der Waals surface area contributed by atoms with E-state index in [4.69, 9.17) is 4.42 Å². The maximum atomic E-state index is 12.2. The Morgan fingerprint density at radius 2 is 1.87 bits per heavy atom. The quantitative estimate of drug-likeness (QED) is 0.772. The number of carbonyl (C=O) groups excluding carboxylic acids is 1. The third-order valence-corrected chi connectivity index (χ3v) is 3.60. The number of rotatable bonds is 3. The van der Waals surface area contributed by atoms with Gasteiger partial charge in [0.2, 0.25) is 0 Å². The Morgan fingerprint density at radius 3 is 2.61 bits per heavy atom. The van der Waals surface area contributed by atoms with Gasteiger partial charge in [0.25, 0.3) is 0 Å². The molecular formula is C18H20N2O3. The van der Waals surface area contributed by atoms with Crippen molar-refractivity contribution in [2.75, 3.05) is 18.9 Å². The number of fused-ring (bicyclic) bond motifs is 3. The van der Waals surface area contributed by atoms with Gasteiger partial charge in [-0.25, -0.2) is 4.79 Å². The van der Waals surface area contributed by atoms with Gasteiger partial charge in [0, 0.05) is 29.6 Å². The van der Waals surface area contributed by atoms with Crippen LogP contribution in [-0.4, -0.2) is 35.2 Å².